The highest BCUT2D eigenvalue weighted by molar-refractivity contribution is 7.89. The zero-order chi connectivity index (χ0) is 24.7. The Bertz CT molecular complexity index is 1120. The van der Waals surface area contributed by atoms with E-state index in [-0.39, 0.29) is 36.8 Å². The van der Waals surface area contributed by atoms with E-state index >= 15 is 0 Å². The molecular weight excluding hydrogens is 498 g/mol. The van der Waals surface area contributed by atoms with Crippen LogP contribution >= 0.6 is 12.4 Å². The van der Waals surface area contributed by atoms with Gasteiger partial charge in [-0.15, -0.1) is 12.4 Å². The van der Waals surface area contributed by atoms with Crippen LogP contribution in [0.2, 0.25) is 0 Å². The van der Waals surface area contributed by atoms with E-state index in [1.807, 2.05) is 30.3 Å². The van der Waals surface area contributed by atoms with Gasteiger partial charge < -0.3 is 16.4 Å². The summed E-state index contributed by atoms with van der Waals surface area (Å²) in [5, 5.41) is 14.1. The van der Waals surface area contributed by atoms with Gasteiger partial charge in [0.15, 0.2) is 0 Å². The molecule has 1 aliphatic rings. The maximum Gasteiger partial charge on any atom is 0.261 e. The summed E-state index contributed by atoms with van der Waals surface area (Å²) in [7, 11) is -4.05. The van der Waals surface area contributed by atoms with Gasteiger partial charge in [-0.1, -0.05) is 48.5 Å². The molecule has 0 radical (unpaired) electrons. The van der Waals surface area contributed by atoms with Crippen LogP contribution in [0.15, 0.2) is 65.6 Å². The Labute approximate surface area is 209 Å². The first kappa shape index (κ1) is 28.2. The summed E-state index contributed by atoms with van der Waals surface area (Å²) in [6.45, 7) is -0.539. The second-order valence-corrected chi connectivity index (χ2v) is 9.78. The minimum atomic E-state index is -4.05. The van der Waals surface area contributed by atoms with E-state index in [4.69, 9.17) is 10.9 Å². The number of hydrogen-bond acceptors (Lipinski definition) is 7. The summed E-state index contributed by atoms with van der Waals surface area (Å²) < 4.78 is 27.0. The van der Waals surface area contributed by atoms with E-state index in [2.05, 4.69) is 10.6 Å². The molecule has 0 aromatic heterocycles. The highest BCUT2D eigenvalue weighted by Crippen LogP contribution is 2.26. The standard InChI is InChI=1S/C22H27N5O6S.ClH/c23-18(11-15-7-3-1-4-8-15)21(29)24-13-20(28)25-16-12-19(22(30)26-31)27(14-16)34(32,33)17-9-5-2-6-10-17;/h1-10,16,18-19,31H,11-14,23H2,(H,24,29)(H,25,28)(H,26,30);1H/t16-,18-,19-;/m0./s1. The second-order valence-electron chi connectivity index (χ2n) is 7.89. The first-order valence-corrected chi connectivity index (χ1v) is 12.0. The quantitative estimate of drug-likeness (QED) is 0.218. The lowest BCUT2D eigenvalue weighted by Crippen LogP contribution is -2.48. The molecule has 11 nitrogen and oxygen atoms in total. The molecule has 3 amide bonds. The van der Waals surface area contributed by atoms with Crippen LogP contribution in [-0.2, 0) is 30.8 Å². The van der Waals surface area contributed by atoms with E-state index in [1.165, 1.54) is 17.6 Å². The molecule has 2 aromatic carbocycles. The maximum absolute atomic E-state index is 13.0. The van der Waals surface area contributed by atoms with E-state index in [0.717, 1.165) is 9.87 Å². The number of nitrogens with zero attached hydrogens (tertiary/aromatic N) is 1. The lowest BCUT2D eigenvalue weighted by Gasteiger charge is -2.22. The summed E-state index contributed by atoms with van der Waals surface area (Å²) in [6, 6.07) is 14.0. The molecule has 2 aromatic rings. The minimum Gasteiger partial charge on any atom is -0.350 e. The summed E-state index contributed by atoms with van der Waals surface area (Å²) >= 11 is 0. The van der Waals surface area contributed by atoms with Crippen molar-refractivity contribution >= 4 is 40.2 Å². The Morgan fingerprint density at radius 2 is 1.66 bits per heavy atom. The highest BCUT2D eigenvalue weighted by atomic mass is 35.5. The van der Waals surface area contributed by atoms with Gasteiger partial charge in [-0.2, -0.15) is 4.31 Å². The van der Waals surface area contributed by atoms with Crippen LogP contribution in [0.4, 0.5) is 0 Å². The van der Waals surface area contributed by atoms with Crippen LogP contribution in [0, 0.1) is 0 Å². The predicted octanol–water partition coefficient (Wildman–Crippen LogP) is -0.452. The Balaban J connectivity index is 0.00000432. The highest BCUT2D eigenvalue weighted by Gasteiger charge is 2.44. The lowest BCUT2D eigenvalue weighted by atomic mass is 10.1. The SMILES string of the molecule is Cl.N[C@@H](Cc1ccccc1)C(=O)NCC(=O)N[C@H]1C[C@@H](C(=O)NO)N(S(=O)(=O)c2ccccc2)C1. The fourth-order valence-corrected chi connectivity index (χ4v) is 5.42. The largest absolute Gasteiger partial charge is 0.350 e. The zero-order valence-corrected chi connectivity index (χ0v) is 20.3. The number of benzene rings is 2. The Kier molecular flexibility index (Phi) is 10.2. The number of halogens is 1. The number of amides is 3. The van der Waals surface area contributed by atoms with Crippen LogP contribution in [0.1, 0.15) is 12.0 Å². The molecule has 1 fully saturated rings. The van der Waals surface area contributed by atoms with Crippen LogP contribution in [0.5, 0.6) is 0 Å². The maximum atomic E-state index is 13.0. The number of sulfonamides is 1. The zero-order valence-electron chi connectivity index (χ0n) is 18.7. The molecule has 1 heterocycles. The molecule has 0 saturated carbocycles. The van der Waals surface area contributed by atoms with Crippen molar-refractivity contribution < 1.29 is 28.0 Å². The number of rotatable bonds is 9. The third kappa shape index (κ3) is 7.23. The molecule has 13 heteroatoms. The van der Waals surface area contributed by atoms with Crippen molar-refractivity contribution in [2.75, 3.05) is 13.1 Å². The average molecular weight is 526 g/mol. The minimum absolute atomic E-state index is 0. The topological polar surface area (TPSA) is 171 Å². The van der Waals surface area contributed by atoms with Gasteiger partial charge in [-0.05, 0) is 30.5 Å². The number of hydrogen-bond donors (Lipinski definition) is 5. The smallest absolute Gasteiger partial charge is 0.261 e. The van der Waals surface area contributed by atoms with Crippen LogP contribution in [0.3, 0.4) is 0 Å². The number of nitrogens with two attached hydrogens (primary N) is 1. The molecule has 0 bridgehead atoms. The van der Waals surface area contributed by atoms with E-state index in [1.54, 1.807) is 18.2 Å². The first-order valence-electron chi connectivity index (χ1n) is 10.6. The lowest BCUT2D eigenvalue weighted by molar-refractivity contribution is -0.132. The van der Waals surface area contributed by atoms with Crippen molar-refractivity contribution in [3.8, 4) is 0 Å². The van der Waals surface area contributed by atoms with Gasteiger partial charge in [-0.3, -0.25) is 19.6 Å². The van der Waals surface area contributed by atoms with E-state index in [9.17, 15) is 22.8 Å². The van der Waals surface area contributed by atoms with Crippen molar-refractivity contribution in [2.45, 2.75) is 35.9 Å². The monoisotopic (exact) mass is 525 g/mol. The molecule has 0 unspecified atom stereocenters. The van der Waals surface area contributed by atoms with Crippen LogP contribution in [-0.4, -0.2) is 66.9 Å². The van der Waals surface area contributed by atoms with Crippen molar-refractivity contribution in [3.63, 3.8) is 0 Å². The van der Waals surface area contributed by atoms with Gasteiger partial charge in [0.25, 0.3) is 5.91 Å². The third-order valence-corrected chi connectivity index (χ3v) is 7.33. The second kappa shape index (κ2) is 12.6. The number of carbonyl (C=O) groups is 3. The molecule has 35 heavy (non-hydrogen) atoms. The predicted molar refractivity (Wildman–Crippen MR) is 129 cm³/mol. The summed E-state index contributed by atoms with van der Waals surface area (Å²) in [4.78, 5) is 36.7. The molecule has 3 rings (SSSR count). The van der Waals surface area contributed by atoms with Crippen molar-refractivity contribution in [1.82, 2.24) is 20.4 Å². The number of carbonyl (C=O) groups excluding carboxylic acids is 3. The van der Waals surface area contributed by atoms with E-state index in [0.29, 0.717) is 6.42 Å². The van der Waals surface area contributed by atoms with Crippen molar-refractivity contribution in [2.24, 2.45) is 5.73 Å². The Morgan fingerprint density at radius 3 is 2.26 bits per heavy atom. The number of nitrogens with one attached hydrogen (secondary N) is 3. The Hall–Kier alpha value is -3.03. The van der Waals surface area contributed by atoms with Crippen LogP contribution in [0.25, 0.3) is 0 Å². The van der Waals surface area contributed by atoms with Gasteiger partial charge in [0.1, 0.15) is 6.04 Å². The number of hydroxylamine groups is 1. The molecule has 190 valence electrons. The average Bonchev–Trinajstić information content (AvgIpc) is 3.27. The van der Waals surface area contributed by atoms with Gasteiger partial charge in [0, 0.05) is 12.6 Å². The summed E-state index contributed by atoms with van der Waals surface area (Å²) in [5.74, 6) is -1.97. The molecule has 0 aliphatic carbocycles. The molecular formula is C22H28ClN5O6S. The van der Waals surface area contributed by atoms with Gasteiger partial charge >= 0.3 is 0 Å². The fourth-order valence-electron chi connectivity index (χ4n) is 3.75. The fraction of sp³-hybridized carbons (Fsp3) is 0.318. The summed E-state index contributed by atoms with van der Waals surface area (Å²) in [6.07, 6.45) is 0.257. The normalized spacial score (nSPS) is 18.7. The molecule has 6 N–H and O–H groups in total. The first-order chi connectivity index (χ1) is 16.2. The third-order valence-electron chi connectivity index (χ3n) is 5.44. The Morgan fingerprint density at radius 1 is 1.06 bits per heavy atom. The van der Waals surface area contributed by atoms with E-state index < -0.39 is 45.9 Å². The molecule has 1 aliphatic heterocycles. The molecule has 1 saturated heterocycles. The molecule has 3 atom stereocenters. The molecule has 0 spiro atoms. The van der Waals surface area contributed by atoms with Crippen molar-refractivity contribution in [1.29, 1.82) is 0 Å². The van der Waals surface area contributed by atoms with Gasteiger partial charge in [0.05, 0.1) is 17.5 Å². The van der Waals surface area contributed by atoms with Gasteiger partial charge in [-0.25, -0.2) is 13.9 Å². The van der Waals surface area contributed by atoms with Gasteiger partial charge in [0.2, 0.25) is 21.8 Å². The van der Waals surface area contributed by atoms with Crippen molar-refractivity contribution in [3.05, 3.63) is 66.2 Å². The summed E-state index contributed by atoms with van der Waals surface area (Å²) in [5.41, 5.74) is 8.26. The van der Waals surface area contributed by atoms with Crippen LogP contribution < -0.4 is 21.8 Å².